The first-order chi connectivity index (χ1) is 5.60. The maximum atomic E-state index is 2.43. The molecular weight excluding hydrogens is 166 g/mol. The van der Waals surface area contributed by atoms with E-state index in [0.29, 0.717) is 5.41 Å². The van der Waals surface area contributed by atoms with Gasteiger partial charge in [0.05, 0.1) is 0 Å². The molecule has 0 bridgehead atoms. The Kier molecular flexibility index (Phi) is 6.02. The monoisotopic (exact) mass is 189 g/mol. The van der Waals surface area contributed by atoms with E-state index in [1.165, 1.54) is 24.6 Å². The van der Waals surface area contributed by atoms with Gasteiger partial charge in [-0.2, -0.15) is 11.8 Å². The van der Waals surface area contributed by atoms with Gasteiger partial charge in [-0.15, -0.1) is 0 Å². The van der Waals surface area contributed by atoms with Gasteiger partial charge in [0.1, 0.15) is 0 Å². The first kappa shape index (κ1) is 12.3. The SMILES string of the molecule is CC.CN1CCSCC(C)(C)C1. The van der Waals surface area contributed by atoms with Crippen molar-refractivity contribution in [1.82, 2.24) is 4.90 Å². The molecule has 1 aliphatic heterocycles. The second-order valence-electron chi connectivity index (χ2n) is 3.95. The van der Waals surface area contributed by atoms with Gasteiger partial charge in [-0.1, -0.05) is 27.7 Å². The zero-order valence-electron chi connectivity index (χ0n) is 9.18. The van der Waals surface area contributed by atoms with Crippen molar-refractivity contribution in [3.8, 4) is 0 Å². The number of hydrogen-bond donors (Lipinski definition) is 0. The Morgan fingerprint density at radius 1 is 1.25 bits per heavy atom. The highest BCUT2D eigenvalue weighted by molar-refractivity contribution is 7.99. The van der Waals surface area contributed by atoms with Crippen molar-refractivity contribution in [2.45, 2.75) is 27.7 Å². The third-order valence-corrected chi connectivity index (χ3v) is 3.26. The smallest absolute Gasteiger partial charge is 0.00695 e. The van der Waals surface area contributed by atoms with Crippen LogP contribution in [-0.2, 0) is 0 Å². The lowest BCUT2D eigenvalue weighted by atomic mass is 9.96. The maximum Gasteiger partial charge on any atom is 0.00695 e. The van der Waals surface area contributed by atoms with Gasteiger partial charge in [0.25, 0.3) is 0 Å². The van der Waals surface area contributed by atoms with E-state index in [4.69, 9.17) is 0 Å². The molecule has 1 fully saturated rings. The Bertz CT molecular complexity index is 112. The van der Waals surface area contributed by atoms with E-state index < -0.39 is 0 Å². The normalized spacial score (nSPS) is 23.8. The summed E-state index contributed by atoms with van der Waals surface area (Å²) >= 11 is 2.08. The quantitative estimate of drug-likeness (QED) is 0.576. The van der Waals surface area contributed by atoms with Crippen molar-refractivity contribution < 1.29 is 0 Å². The molecule has 74 valence electrons. The molecule has 2 heteroatoms. The summed E-state index contributed by atoms with van der Waals surface area (Å²) in [6, 6.07) is 0. The van der Waals surface area contributed by atoms with Crippen LogP contribution < -0.4 is 0 Å². The van der Waals surface area contributed by atoms with Crippen molar-refractivity contribution >= 4 is 11.8 Å². The van der Waals surface area contributed by atoms with Crippen molar-refractivity contribution in [1.29, 1.82) is 0 Å². The van der Waals surface area contributed by atoms with Crippen LogP contribution in [0.2, 0.25) is 0 Å². The molecule has 0 aromatic carbocycles. The minimum absolute atomic E-state index is 0.524. The third kappa shape index (κ3) is 5.04. The topological polar surface area (TPSA) is 3.24 Å². The average molecular weight is 189 g/mol. The minimum Gasteiger partial charge on any atom is -0.305 e. The highest BCUT2D eigenvalue weighted by Crippen LogP contribution is 2.25. The first-order valence-electron chi connectivity index (χ1n) is 4.86. The zero-order chi connectivity index (χ0) is 9.61. The molecule has 1 nitrogen and oxygen atoms in total. The Hall–Kier alpha value is 0.310. The number of rotatable bonds is 0. The molecule has 1 aliphatic rings. The standard InChI is InChI=1S/C8H17NS.C2H6/c1-8(2)6-9(3)4-5-10-7-8;1-2/h4-7H2,1-3H3;1-2H3. The predicted octanol–water partition coefficient (Wildman–Crippen LogP) is 2.72. The number of thioether (sulfide) groups is 1. The summed E-state index contributed by atoms with van der Waals surface area (Å²) < 4.78 is 0. The Balaban J connectivity index is 0.000000561. The van der Waals surface area contributed by atoms with Gasteiger partial charge in [0.15, 0.2) is 0 Å². The van der Waals surface area contributed by atoms with E-state index in [0.717, 1.165) is 0 Å². The fourth-order valence-electron chi connectivity index (χ4n) is 1.42. The summed E-state index contributed by atoms with van der Waals surface area (Å²) in [5, 5.41) is 0. The summed E-state index contributed by atoms with van der Waals surface area (Å²) in [7, 11) is 2.22. The fraction of sp³-hybridized carbons (Fsp3) is 1.00. The largest absolute Gasteiger partial charge is 0.305 e. The van der Waals surface area contributed by atoms with E-state index in [2.05, 4.69) is 37.6 Å². The summed E-state index contributed by atoms with van der Waals surface area (Å²) in [5.41, 5.74) is 0.524. The fourth-order valence-corrected chi connectivity index (χ4v) is 2.65. The highest BCUT2D eigenvalue weighted by atomic mass is 32.2. The van der Waals surface area contributed by atoms with E-state index >= 15 is 0 Å². The molecule has 0 aliphatic carbocycles. The molecule has 0 saturated carbocycles. The molecule has 0 radical (unpaired) electrons. The van der Waals surface area contributed by atoms with Crippen molar-refractivity contribution in [3.05, 3.63) is 0 Å². The molecule has 1 heterocycles. The maximum absolute atomic E-state index is 2.43. The molecule has 0 N–H and O–H groups in total. The zero-order valence-corrected chi connectivity index (χ0v) is 10.0. The summed E-state index contributed by atoms with van der Waals surface area (Å²) in [6.45, 7) is 11.2. The Labute approximate surface area is 81.9 Å². The Morgan fingerprint density at radius 2 is 1.83 bits per heavy atom. The molecule has 0 aromatic heterocycles. The van der Waals surface area contributed by atoms with Gasteiger partial charge >= 0.3 is 0 Å². The summed E-state index contributed by atoms with van der Waals surface area (Å²) in [5.74, 6) is 2.62. The van der Waals surface area contributed by atoms with E-state index in [1.54, 1.807) is 0 Å². The van der Waals surface area contributed by atoms with Crippen molar-refractivity contribution in [2.24, 2.45) is 5.41 Å². The molecule has 0 amide bonds. The molecule has 0 unspecified atom stereocenters. The van der Waals surface area contributed by atoms with Crippen molar-refractivity contribution in [2.75, 3.05) is 31.6 Å². The van der Waals surface area contributed by atoms with Crippen LogP contribution in [0.25, 0.3) is 0 Å². The van der Waals surface area contributed by atoms with Crippen LogP contribution in [0.4, 0.5) is 0 Å². The lowest BCUT2D eigenvalue weighted by Crippen LogP contribution is -2.31. The van der Waals surface area contributed by atoms with E-state index in [9.17, 15) is 0 Å². The lowest BCUT2D eigenvalue weighted by Gasteiger charge is -2.25. The van der Waals surface area contributed by atoms with Gasteiger partial charge in [-0.3, -0.25) is 0 Å². The number of hydrogen-bond acceptors (Lipinski definition) is 2. The molecule has 0 spiro atoms. The van der Waals surface area contributed by atoms with E-state index in [-0.39, 0.29) is 0 Å². The van der Waals surface area contributed by atoms with E-state index in [1.807, 2.05) is 13.8 Å². The van der Waals surface area contributed by atoms with Crippen LogP contribution in [0.15, 0.2) is 0 Å². The second-order valence-corrected chi connectivity index (χ2v) is 5.06. The van der Waals surface area contributed by atoms with Gasteiger partial charge in [-0.05, 0) is 18.2 Å². The third-order valence-electron chi connectivity index (χ3n) is 1.81. The van der Waals surface area contributed by atoms with Gasteiger partial charge in [0, 0.05) is 18.8 Å². The van der Waals surface area contributed by atoms with Gasteiger partial charge < -0.3 is 4.90 Å². The molecular formula is C10H23NS. The van der Waals surface area contributed by atoms with Crippen LogP contribution in [-0.4, -0.2) is 36.5 Å². The second kappa shape index (κ2) is 5.87. The van der Waals surface area contributed by atoms with Gasteiger partial charge in [-0.25, -0.2) is 0 Å². The highest BCUT2D eigenvalue weighted by Gasteiger charge is 2.22. The number of nitrogens with zero attached hydrogens (tertiary/aromatic N) is 1. The molecule has 12 heavy (non-hydrogen) atoms. The lowest BCUT2D eigenvalue weighted by molar-refractivity contribution is 0.248. The van der Waals surface area contributed by atoms with Crippen LogP contribution in [0.1, 0.15) is 27.7 Å². The van der Waals surface area contributed by atoms with Crippen LogP contribution in [0, 0.1) is 5.41 Å². The minimum atomic E-state index is 0.524. The molecule has 1 rings (SSSR count). The summed E-state index contributed by atoms with van der Waals surface area (Å²) in [6.07, 6.45) is 0. The molecule has 0 atom stereocenters. The predicted molar refractivity (Wildman–Crippen MR) is 60.0 cm³/mol. The van der Waals surface area contributed by atoms with Crippen molar-refractivity contribution in [3.63, 3.8) is 0 Å². The molecule has 0 aromatic rings. The van der Waals surface area contributed by atoms with Crippen LogP contribution in [0.3, 0.4) is 0 Å². The molecule has 1 saturated heterocycles. The first-order valence-corrected chi connectivity index (χ1v) is 6.02. The average Bonchev–Trinajstić information content (AvgIpc) is 2.14. The Morgan fingerprint density at radius 3 is 2.42 bits per heavy atom. The summed E-state index contributed by atoms with van der Waals surface area (Å²) in [4.78, 5) is 2.43. The van der Waals surface area contributed by atoms with Gasteiger partial charge in [0.2, 0.25) is 0 Å². The van der Waals surface area contributed by atoms with Crippen LogP contribution in [0.5, 0.6) is 0 Å². The van der Waals surface area contributed by atoms with Crippen LogP contribution >= 0.6 is 11.8 Å².